The number of nitrogens with one attached hydrogen (secondary N) is 1. The number of nitrogens with zero attached hydrogens (tertiary/aromatic N) is 2. The van der Waals surface area contributed by atoms with E-state index in [2.05, 4.69) is 58.3 Å². The quantitative estimate of drug-likeness (QED) is 0.721. The van der Waals surface area contributed by atoms with Crippen molar-refractivity contribution in [2.24, 2.45) is 0 Å². The fourth-order valence-corrected chi connectivity index (χ4v) is 3.75. The minimum Gasteiger partial charge on any atom is -0.305 e. The Labute approximate surface area is 136 Å². The number of halogens is 2. The third-order valence-electron chi connectivity index (χ3n) is 2.87. The van der Waals surface area contributed by atoms with Crippen LogP contribution in [0.5, 0.6) is 0 Å². The van der Waals surface area contributed by atoms with Crippen LogP contribution in [0, 0.1) is 2.88 Å². The van der Waals surface area contributed by atoms with Crippen molar-refractivity contribution >= 4 is 45.5 Å². The summed E-state index contributed by atoms with van der Waals surface area (Å²) in [6, 6.07) is 2.32. The Balaban J connectivity index is 2.41. The van der Waals surface area contributed by atoms with Gasteiger partial charge in [0.2, 0.25) is 0 Å². The van der Waals surface area contributed by atoms with Gasteiger partial charge in [-0.3, -0.25) is 4.68 Å². The number of aryl methyl sites for hydroxylation is 1. The Bertz CT molecular complexity index is 538. The third kappa shape index (κ3) is 3.51. The second-order valence-corrected chi connectivity index (χ2v) is 7.49. The standard InChI is InChI=1S/C13H17ClIN3S/c1-3-5-18-13(10(14)7-17-18)12(16-4-2)9-6-11(15)19-8-9/h6-8,12,16H,3-5H2,1-2H3. The van der Waals surface area contributed by atoms with Crippen molar-refractivity contribution in [2.45, 2.75) is 32.9 Å². The summed E-state index contributed by atoms with van der Waals surface area (Å²) < 4.78 is 3.30. The van der Waals surface area contributed by atoms with E-state index in [0.717, 1.165) is 30.2 Å². The second-order valence-electron chi connectivity index (χ2n) is 4.28. The number of hydrogen-bond donors (Lipinski definition) is 1. The molecule has 19 heavy (non-hydrogen) atoms. The summed E-state index contributed by atoms with van der Waals surface area (Å²) in [6.45, 7) is 6.05. The van der Waals surface area contributed by atoms with Crippen LogP contribution < -0.4 is 5.32 Å². The van der Waals surface area contributed by atoms with E-state index < -0.39 is 0 Å². The lowest BCUT2D eigenvalue weighted by atomic mass is 10.1. The molecule has 6 heteroatoms. The molecule has 0 bridgehead atoms. The van der Waals surface area contributed by atoms with Crippen molar-refractivity contribution in [3.63, 3.8) is 0 Å². The molecule has 104 valence electrons. The van der Waals surface area contributed by atoms with Gasteiger partial charge in [-0.05, 0) is 52.6 Å². The SMILES string of the molecule is CCCn1ncc(Cl)c1C(NCC)c1csc(I)c1. The molecule has 1 atom stereocenters. The highest BCUT2D eigenvalue weighted by molar-refractivity contribution is 14.1. The van der Waals surface area contributed by atoms with Gasteiger partial charge in [0.05, 0.1) is 25.8 Å². The smallest absolute Gasteiger partial charge is 0.0837 e. The fraction of sp³-hybridized carbons (Fsp3) is 0.462. The predicted octanol–water partition coefficient (Wildman–Crippen LogP) is 4.31. The van der Waals surface area contributed by atoms with Gasteiger partial charge in [0, 0.05) is 6.54 Å². The first-order chi connectivity index (χ1) is 9.17. The van der Waals surface area contributed by atoms with Crippen LogP contribution in [-0.4, -0.2) is 16.3 Å². The van der Waals surface area contributed by atoms with Gasteiger partial charge in [0.1, 0.15) is 0 Å². The summed E-state index contributed by atoms with van der Waals surface area (Å²) in [6.07, 6.45) is 2.79. The van der Waals surface area contributed by atoms with Crippen molar-refractivity contribution in [1.82, 2.24) is 15.1 Å². The van der Waals surface area contributed by atoms with E-state index in [1.165, 1.54) is 8.45 Å². The van der Waals surface area contributed by atoms with E-state index in [9.17, 15) is 0 Å². The first-order valence-electron chi connectivity index (χ1n) is 6.35. The molecule has 0 fully saturated rings. The Kier molecular flexibility index (Phi) is 5.68. The zero-order chi connectivity index (χ0) is 13.8. The Morgan fingerprint density at radius 1 is 1.53 bits per heavy atom. The Hall–Kier alpha value is -0.110. The van der Waals surface area contributed by atoms with Crippen LogP contribution in [0.2, 0.25) is 5.02 Å². The molecule has 0 saturated carbocycles. The average molecular weight is 410 g/mol. The van der Waals surface area contributed by atoms with E-state index in [1.807, 2.05) is 4.68 Å². The maximum atomic E-state index is 6.35. The first kappa shape index (κ1) is 15.3. The molecule has 2 aromatic heterocycles. The lowest BCUT2D eigenvalue weighted by Crippen LogP contribution is -2.25. The van der Waals surface area contributed by atoms with Gasteiger partial charge in [-0.25, -0.2) is 0 Å². The van der Waals surface area contributed by atoms with Crippen LogP contribution >= 0.6 is 45.5 Å². The highest BCUT2D eigenvalue weighted by Gasteiger charge is 2.22. The molecule has 0 saturated heterocycles. The van der Waals surface area contributed by atoms with Crippen molar-refractivity contribution in [3.05, 3.63) is 36.8 Å². The molecule has 0 radical (unpaired) electrons. The molecule has 2 rings (SSSR count). The van der Waals surface area contributed by atoms with Crippen LogP contribution in [0.4, 0.5) is 0 Å². The van der Waals surface area contributed by atoms with Gasteiger partial charge in [0.15, 0.2) is 0 Å². The molecule has 2 heterocycles. The molecular weight excluding hydrogens is 393 g/mol. The summed E-state index contributed by atoms with van der Waals surface area (Å²) >= 11 is 10.5. The van der Waals surface area contributed by atoms with Crippen LogP contribution in [0.1, 0.15) is 37.6 Å². The van der Waals surface area contributed by atoms with Crippen LogP contribution in [-0.2, 0) is 6.54 Å². The molecule has 0 aliphatic rings. The van der Waals surface area contributed by atoms with Gasteiger partial charge >= 0.3 is 0 Å². The van der Waals surface area contributed by atoms with E-state index in [-0.39, 0.29) is 6.04 Å². The zero-order valence-electron chi connectivity index (χ0n) is 11.0. The van der Waals surface area contributed by atoms with Gasteiger partial charge in [0.25, 0.3) is 0 Å². The maximum absolute atomic E-state index is 6.35. The van der Waals surface area contributed by atoms with Gasteiger partial charge in [-0.1, -0.05) is 25.4 Å². The Morgan fingerprint density at radius 2 is 2.32 bits per heavy atom. The molecule has 0 amide bonds. The van der Waals surface area contributed by atoms with Crippen LogP contribution in [0.25, 0.3) is 0 Å². The average Bonchev–Trinajstić information content (AvgIpc) is 2.95. The Morgan fingerprint density at radius 3 is 2.89 bits per heavy atom. The van der Waals surface area contributed by atoms with E-state index in [0.29, 0.717) is 0 Å². The molecule has 0 spiro atoms. The van der Waals surface area contributed by atoms with Crippen molar-refractivity contribution in [3.8, 4) is 0 Å². The fourth-order valence-electron chi connectivity index (χ4n) is 2.10. The highest BCUT2D eigenvalue weighted by Crippen LogP contribution is 2.31. The summed E-state index contributed by atoms with van der Waals surface area (Å²) in [5.74, 6) is 0. The van der Waals surface area contributed by atoms with E-state index >= 15 is 0 Å². The number of hydrogen-bond acceptors (Lipinski definition) is 3. The van der Waals surface area contributed by atoms with Crippen molar-refractivity contribution in [2.75, 3.05) is 6.54 Å². The van der Waals surface area contributed by atoms with Gasteiger partial charge < -0.3 is 5.32 Å². The summed E-state index contributed by atoms with van der Waals surface area (Å²) in [7, 11) is 0. The van der Waals surface area contributed by atoms with Crippen LogP contribution in [0.15, 0.2) is 17.6 Å². The van der Waals surface area contributed by atoms with Gasteiger partial charge in [-0.15, -0.1) is 11.3 Å². The molecule has 0 aliphatic carbocycles. The highest BCUT2D eigenvalue weighted by atomic mass is 127. The third-order valence-corrected chi connectivity index (χ3v) is 4.97. The largest absolute Gasteiger partial charge is 0.305 e. The summed E-state index contributed by atoms with van der Waals surface area (Å²) in [4.78, 5) is 0. The van der Waals surface area contributed by atoms with Crippen LogP contribution in [0.3, 0.4) is 0 Å². The molecule has 2 aromatic rings. The molecule has 1 N–H and O–H groups in total. The molecule has 1 unspecified atom stereocenters. The normalized spacial score (nSPS) is 12.8. The number of thiophene rings is 1. The number of rotatable bonds is 6. The zero-order valence-corrected chi connectivity index (χ0v) is 14.7. The first-order valence-corrected chi connectivity index (χ1v) is 8.69. The summed E-state index contributed by atoms with van der Waals surface area (Å²) in [5, 5.41) is 10.8. The molecule has 0 aliphatic heterocycles. The van der Waals surface area contributed by atoms with E-state index in [4.69, 9.17) is 11.6 Å². The lowest BCUT2D eigenvalue weighted by molar-refractivity contribution is 0.521. The molecule has 3 nitrogen and oxygen atoms in total. The monoisotopic (exact) mass is 409 g/mol. The maximum Gasteiger partial charge on any atom is 0.0837 e. The topological polar surface area (TPSA) is 29.9 Å². The predicted molar refractivity (Wildman–Crippen MR) is 90.1 cm³/mol. The number of aromatic nitrogens is 2. The minimum atomic E-state index is 0.117. The lowest BCUT2D eigenvalue weighted by Gasteiger charge is -2.19. The summed E-state index contributed by atoms with van der Waals surface area (Å²) in [5.41, 5.74) is 2.33. The van der Waals surface area contributed by atoms with Gasteiger partial charge in [-0.2, -0.15) is 5.10 Å². The van der Waals surface area contributed by atoms with E-state index in [1.54, 1.807) is 17.5 Å². The molecule has 0 aromatic carbocycles. The van der Waals surface area contributed by atoms with Crippen molar-refractivity contribution < 1.29 is 0 Å². The van der Waals surface area contributed by atoms with Crippen molar-refractivity contribution in [1.29, 1.82) is 0 Å². The minimum absolute atomic E-state index is 0.117. The molecular formula is C13H17ClIN3S. The second kappa shape index (κ2) is 7.06.